The van der Waals surface area contributed by atoms with Gasteiger partial charge in [-0.15, -0.1) is 0 Å². The lowest BCUT2D eigenvalue weighted by Crippen LogP contribution is -2.40. The molecule has 0 radical (unpaired) electrons. The summed E-state index contributed by atoms with van der Waals surface area (Å²) in [5, 5.41) is 3.05. The maximum atomic E-state index is 13.1. The number of nitrogens with zero attached hydrogens (tertiary/aromatic N) is 2. The second-order valence-electron chi connectivity index (χ2n) is 9.82. The van der Waals surface area contributed by atoms with Crippen LogP contribution in [0.2, 0.25) is 0 Å². The first-order valence-electron chi connectivity index (χ1n) is 12.5. The summed E-state index contributed by atoms with van der Waals surface area (Å²) in [6, 6.07) is 9.64. The van der Waals surface area contributed by atoms with Crippen molar-refractivity contribution in [2.24, 2.45) is 5.92 Å². The number of hydrogen-bond acceptors (Lipinski definition) is 5. The van der Waals surface area contributed by atoms with E-state index in [2.05, 4.69) is 22.1 Å². The summed E-state index contributed by atoms with van der Waals surface area (Å²) in [6.07, 6.45) is -3.04. The number of alkyl halides is 3. The van der Waals surface area contributed by atoms with Gasteiger partial charge in [-0.3, -0.25) is 14.7 Å². The van der Waals surface area contributed by atoms with E-state index in [1.54, 1.807) is 13.3 Å². The van der Waals surface area contributed by atoms with Gasteiger partial charge >= 0.3 is 6.18 Å². The number of rotatable bonds is 8. The van der Waals surface area contributed by atoms with Crippen LogP contribution in [0.1, 0.15) is 71.0 Å². The highest BCUT2D eigenvalue weighted by Crippen LogP contribution is 2.37. The third-order valence-corrected chi connectivity index (χ3v) is 7.13. The minimum Gasteiger partial charge on any atom is -0.382 e. The number of aryl methyl sites for hydroxylation is 1. The van der Waals surface area contributed by atoms with E-state index >= 15 is 0 Å². The normalized spacial score (nSPS) is 23.3. The zero-order chi connectivity index (χ0) is 25.9. The number of aromatic nitrogens is 1. The molecule has 4 atom stereocenters. The molecule has 0 spiro atoms. The molecule has 36 heavy (non-hydrogen) atoms. The Morgan fingerprint density at radius 1 is 1.28 bits per heavy atom. The molecular weight excluding hydrogens is 471 g/mol. The number of methoxy groups -OCH3 is 1. The molecule has 1 amide bonds. The lowest BCUT2D eigenvalue weighted by molar-refractivity contribution is -0.236. The molecule has 2 aromatic rings. The molecule has 9 heteroatoms. The number of benzene rings is 1. The average Bonchev–Trinajstić information content (AvgIpc) is 3.20. The minimum atomic E-state index is -4.30. The molecule has 1 aromatic heterocycles. The standard InChI is InChI=1S/C27H34F3N3O3/c1-4-23-25-21(14-33(23)13-18-7-10-24(36-15-18)27(28,29)30)11-20(12-31-25)26(34)32-22(16-35-3)19-8-5-17(2)6-9-19/h5-6,8-9,11-12,18,22-24H,4,7,10,13-16H2,1-3H3,(H,32,34)/t18-,22-,23-,24-/m0/s1. The number of carbonyl (C=O) groups is 1. The number of pyridine rings is 1. The van der Waals surface area contributed by atoms with E-state index in [1.165, 1.54) is 0 Å². The number of ether oxygens (including phenoxy) is 2. The highest BCUT2D eigenvalue weighted by Gasteiger charge is 2.43. The van der Waals surface area contributed by atoms with Crippen molar-refractivity contribution in [3.8, 4) is 0 Å². The molecule has 196 valence electrons. The number of fused-ring (bicyclic) bond motifs is 1. The van der Waals surface area contributed by atoms with E-state index in [9.17, 15) is 18.0 Å². The summed E-state index contributed by atoms with van der Waals surface area (Å²) in [5.41, 5.74) is 4.50. The minimum absolute atomic E-state index is 0.00204. The Morgan fingerprint density at radius 2 is 2.03 bits per heavy atom. The Labute approximate surface area is 210 Å². The first kappa shape index (κ1) is 26.6. The van der Waals surface area contributed by atoms with Crippen LogP contribution in [0.5, 0.6) is 0 Å². The molecule has 0 bridgehead atoms. The van der Waals surface area contributed by atoms with E-state index in [0.29, 0.717) is 31.7 Å². The lowest BCUT2D eigenvalue weighted by Gasteiger charge is -2.34. The highest BCUT2D eigenvalue weighted by molar-refractivity contribution is 5.94. The van der Waals surface area contributed by atoms with Crippen LogP contribution in [0.4, 0.5) is 13.2 Å². The number of carbonyl (C=O) groups excluding carboxylic acids is 1. The molecular formula is C27H34F3N3O3. The Kier molecular flexibility index (Phi) is 8.32. The fourth-order valence-electron chi connectivity index (χ4n) is 5.19. The summed E-state index contributed by atoms with van der Waals surface area (Å²) >= 11 is 0. The second-order valence-corrected chi connectivity index (χ2v) is 9.82. The number of amides is 1. The van der Waals surface area contributed by atoms with E-state index < -0.39 is 12.3 Å². The predicted octanol–water partition coefficient (Wildman–Crippen LogP) is 5.13. The summed E-state index contributed by atoms with van der Waals surface area (Å²) in [7, 11) is 1.60. The van der Waals surface area contributed by atoms with Gasteiger partial charge in [-0.25, -0.2) is 0 Å². The van der Waals surface area contributed by atoms with Crippen molar-refractivity contribution in [2.75, 3.05) is 26.9 Å². The van der Waals surface area contributed by atoms with E-state index in [-0.39, 0.29) is 36.9 Å². The van der Waals surface area contributed by atoms with Crippen LogP contribution >= 0.6 is 0 Å². The molecule has 1 saturated heterocycles. The van der Waals surface area contributed by atoms with E-state index in [4.69, 9.17) is 9.47 Å². The molecule has 2 aliphatic heterocycles. The topological polar surface area (TPSA) is 63.7 Å². The monoisotopic (exact) mass is 505 g/mol. The molecule has 2 aliphatic rings. The van der Waals surface area contributed by atoms with Crippen LogP contribution in [0, 0.1) is 12.8 Å². The molecule has 1 N–H and O–H groups in total. The van der Waals surface area contributed by atoms with Crippen LogP contribution in [-0.4, -0.2) is 54.9 Å². The Bertz CT molecular complexity index is 1040. The molecule has 1 aromatic carbocycles. The van der Waals surface area contributed by atoms with Crippen LogP contribution in [0.25, 0.3) is 0 Å². The van der Waals surface area contributed by atoms with Gasteiger partial charge in [0.05, 0.1) is 36.6 Å². The van der Waals surface area contributed by atoms with Gasteiger partial charge in [0.1, 0.15) is 0 Å². The van der Waals surface area contributed by atoms with Crippen LogP contribution in [-0.2, 0) is 16.0 Å². The fraction of sp³-hybridized carbons (Fsp3) is 0.556. The second kappa shape index (κ2) is 11.3. The quantitative estimate of drug-likeness (QED) is 0.539. The summed E-state index contributed by atoms with van der Waals surface area (Å²) in [4.78, 5) is 20.0. The zero-order valence-corrected chi connectivity index (χ0v) is 21.0. The van der Waals surface area contributed by atoms with Crippen LogP contribution in [0.3, 0.4) is 0 Å². The van der Waals surface area contributed by atoms with Gasteiger partial charge in [0.15, 0.2) is 6.10 Å². The van der Waals surface area contributed by atoms with Gasteiger partial charge in [0.25, 0.3) is 5.91 Å². The van der Waals surface area contributed by atoms with E-state index in [0.717, 1.165) is 28.8 Å². The van der Waals surface area contributed by atoms with Crippen molar-refractivity contribution in [1.29, 1.82) is 0 Å². The summed E-state index contributed by atoms with van der Waals surface area (Å²) < 4.78 is 49.2. The third-order valence-electron chi connectivity index (χ3n) is 7.13. The SMILES string of the molecule is CC[C@H]1c2ncc(C(=O)N[C@@H](COC)c3ccc(C)cc3)cc2CN1C[C@@H]1CC[C@@H](C(F)(F)F)OC1. The van der Waals surface area contributed by atoms with Gasteiger partial charge in [-0.1, -0.05) is 36.8 Å². The van der Waals surface area contributed by atoms with Crippen molar-refractivity contribution in [3.63, 3.8) is 0 Å². The molecule has 4 rings (SSSR count). The zero-order valence-electron chi connectivity index (χ0n) is 21.0. The molecule has 3 heterocycles. The maximum Gasteiger partial charge on any atom is 0.414 e. The largest absolute Gasteiger partial charge is 0.414 e. The van der Waals surface area contributed by atoms with Gasteiger partial charge in [0.2, 0.25) is 0 Å². The first-order chi connectivity index (χ1) is 17.2. The molecule has 0 unspecified atom stereocenters. The van der Waals surface area contributed by atoms with Crippen molar-refractivity contribution < 1.29 is 27.4 Å². The predicted molar refractivity (Wildman–Crippen MR) is 129 cm³/mol. The van der Waals surface area contributed by atoms with Gasteiger partial charge < -0.3 is 14.8 Å². The Morgan fingerprint density at radius 3 is 2.64 bits per heavy atom. The smallest absolute Gasteiger partial charge is 0.382 e. The van der Waals surface area contributed by atoms with E-state index in [1.807, 2.05) is 37.3 Å². The van der Waals surface area contributed by atoms with Gasteiger partial charge in [-0.2, -0.15) is 13.2 Å². The van der Waals surface area contributed by atoms with Gasteiger partial charge in [-0.05, 0) is 49.3 Å². The summed E-state index contributed by atoms with van der Waals surface area (Å²) in [6.45, 7) is 5.79. The highest BCUT2D eigenvalue weighted by atomic mass is 19.4. The molecule has 1 fully saturated rings. The van der Waals surface area contributed by atoms with Crippen LogP contribution < -0.4 is 5.32 Å². The Balaban J connectivity index is 1.42. The third kappa shape index (κ3) is 6.07. The van der Waals surface area contributed by atoms with Crippen molar-refractivity contribution in [1.82, 2.24) is 15.2 Å². The first-order valence-corrected chi connectivity index (χ1v) is 12.5. The number of hydrogen-bond donors (Lipinski definition) is 1. The van der Waals surface area contributed by atoms with Crippen LogP contribution in [0.15, 0.2) is 36.5 Å². The lowest BCUT2D eigenvalue weighted by atomic mass is 9.97. The number of halogens is 3. The maximum absolute atomic E-state index is 13.1. The fourth-order valence-corrected chi connectivity index (χ4v) is 5.19. The van der Waals surface area contributed by atoms with Crippen molar-refractivity contribution >= 4 is 5.91 Å². The summed E-state index contributed by atoms with van der Waals surface area (Å²) in [5.74, 6) is -0.183. The molecule has 6 nitrogen and oxygen atoms in total. The molecule has 0 saturated carbocycles. The van der Waals surface area contributed by atoms with Gasteiger partial charge in [0, 0.05) is 26.4 Å². The average molecular weight is 506 g/mol. The van der Waals surface area contributed by atoms with Crippen molar-refractivity contribution in [3.05, 3.63) is 64.5 Å². The molecule has 0 aliphatic carbocycles. The number of nitrogens with one attached hydrogen (secondary N) is 1. The Hall–Kier alpha value is -2.49. The van der Waals surface area contributed by atoms with Crippen molar-refractivity contribution in [2.45, 2.75) is 64.0 Å².